The molecule has 0 aromatic carbocycles. The van der Waals surface area contributed by atoms with E-state index in [4.69, 9.17) is 5.11 Å². The number of aromatic nitrogens is 2. The van der Waals surface area contributed by atoms with Crippen LogP contribution in [0.1, 0.15) is 5.82 Å². The molecule has 0 saturated carbocycles. The number of carboxylic acid groups (broad SMARTS) is 1. The molecule has 1 saturated heterocycles. The lowest BCUT2D eigenvalue weighted by atomic mass is 10.0. The fraction of sp³-hybridized carbons (Fsp3) is 0.545. The Kier molecular flexibility index (Phi) is 2.46. The summed E-state index contributed by atoms with van der Waals surface area (Å²) in [5.41, 5.74) is 0. The first-order chi connectivity index (χ1) is 8.65. The molecule has 0 atom stereocenters. The van der Waals surface area contributed by atoms with Gasteiger partial charge in [0.15, 0.2) is 0 Å². The van der Waals surface area contributed by atoms with Crippen molar-refractivity contribution < 1.29 is 14.7 Å². The third-order valence-corrected chi connectivity index (χ3v) is 3.52. The van der Waals surface area contributed by atoms with Gasteiger partial charge in [-0.1, -0.05) is 0 Å². The Hall–Kier alpha value is -2.05. The second-order valence-electron chi connectivity index (χ2n) is 4.68. The number of aliphatic carboxylic acids is 1. The Morgan fingerprint density at radius 1 is 1.28 bits per heavy atom. The Bertz CT molecular complexity index is 492. The summed E-state index contributed by atoms with van der Waals surface area (Å²) >= 11 is 0. The van der Waals surface area contributed by atoms with E-state index in [1.165, 1.54) is 0 Å². The molecule has 18 heavy (non-hydrogen) atoms. The van der Waals surface area contributed by atoms with Gasteiger partial charge >= 0.3 is 12.0 Å². The van der Waals surface area contributed by atoms with Gasteiger partial charge in [-0.15, -0.1) is 0 Å². The van der Waals surface area contributed by atoms with Gasteiger partial charge in [0.25, 0.3) is 0 Å². The number of carboxylic acids is 1. The number of hydrogen-bond acceptors (Lipinski definition) is 3. The van der Waals surface area contributed by atoms with E-state index in [0.29, 0.717) is 26.2 Å². The van der Waals surface area contributed by atoms with Crippen LogP contribution in [0.25, 0.3) is 0 Å². The van der Waals surface area contributed by atoms with Crippen molar-refractivity contribution >= 4 is 12.0 Å². The largest absolute Gasteiger partial charge is 0.481 e. The van der Waals surface area contributed by atoms with Gasteiger partial charge in [-0.3, -0.25) is 4.79 Å². The molecule has 1 N–H and O–H groups in total. The molecule has 96 valence electrons. The molecule has 0 aliphatic carbocycles. The minimum Gasteiger partial charge on any atom is -0.481 e. The van der Waals surface area contributed by atoms with Crippen LogP contribution in [0, 0.1) is 5.92 Å². The summed E-state index contributed by atoms with van der Waals surface area (Å²) in [7, 11) is 0. The van der Waals surface area contributed by atoms with Crippen molar-refractivity contribution in [3.05, 3.63) is 18.2 Å². The lowest BCUT2D eigenvalue weighted by Gasteiger charge is -2.40. The van der Waals surface area contributed by atoms with Crippen LogP contribution in [0.2, 0.25) is 0 Å². The number of hydrogen-bond donors (Lipinski definition) is 1. The zero-order valence-corrected chi connectivity index (χ0v) is 9.82. The van der Waals surface area contributed by atoms with E-state index in [-0.39, 0.29) is 6.03 Å². The summed E-state index contributed by atoms with van der Waals surface area (Å²) in [6.07, 6.45) is 3.63. The molecule has 1 aromatic rings. The van der Waals surface area contributed by atoms with E-state index < -0.39 is 11.9 Å². The van der Waals surface area contributed by atoms with E-state index in [2.05, 4.69) is 4.98 Å². The normalized spacial score (nSPS) is 19.3. The minimum absolute atomic E-state index is 0.0817. The molecular weight excluding hydrogens is 236 g/mol. The number of imidazole rings is 1. The maximum Gasteiger partial charge on any atom is 0.320 e. The lowest BCUT2D eigenvalue weighted by molar-refractivity contribution is -0.146. The summed E-state index contributed by atoms with van der Waals surface area (Å²) in [6.45, 7) is 2.53. The maximum absolute atomic E-state index is 12.1. The number of rotatable bonds is 1. The van der Waals surface area contributed by atoms with Gasteiger partial charge in [-0.25, -0.2) is 9.78 Å². The Morgan fingerprint density at radius 3 is 2.78 bits per heavy atom. The molecule has 2 amide bonds. The van der Waals surface area contributed by atoms with E-state index in [1.807, 2.05) is 10.8 Å². The molecule has 3 heterocycles. The van der Waals surface area contributed by atoms with Gasteiger partial charge in [0.05, 0.1) is 12.5 Å². The second-order valence-corrected chi connectivity index (χ2v) is 4.68. The first-order valence-electron chi connectivity index (χ1n) is 5.92. The predicted molar refractivity (Wildman–Crippen MR) is 60.7 cm³/mol. The van der Waals surface area contributed by atoms with Crippen molar-refractivity contribution in [3.8, 4) is 0 Å². The minimum atomic E-state index is -0.826. The molecule has 0 radical (unpaired) electrons. The average molecular weight is 250 g/mol. The van der Waals surface area contributed by atoms with Crippen LogP contribution >= 0.6 is 0 Å². The molecule has 1 aromatic heterocycles. The second kappa shape index (κ2) is 4.01. The molecule has 2 aliphatic heterocycles. The molecule has 0 spiro atoms. The highest BCUT2D eigenvalue weighted by Crippen LogP contribution is 2.20. The monoisotopic (exact) mass is 250 g/mol. The number of urea groups is 1. The quantitative estimate of drug-likeness (QED) is 0.751. The number of fused-ring (bicyclic) bond motifs is 1. The van der Waals surface area contributed by atoms with Crippen LogP contribution in [0.4, 0.5) is 4.79 Å². The Morgan fingerprint density at radius 2 is 2.06 bits per heavy atom. The summed E-state index contributed by atoms with van der Waals surface area (Å²) in [4.78, 5) is 30.3. The zero-order chi connectivity index (χ0) is 12.7. The van der Waals surface area contributed by atoms with E-state index in [0.717, 1.165) is 12.4 Å². The van der Waals surface area contributed by atoms with Crippen LogP contribution < -0.4 is 0 Å². The van der Waals surface area contributed by atoms with E-state index in [9.17, 15) is 9.59 Å². The SMILES string of the molecule is O=C(O)C1CN(C(=O)N2CCn3ccnc3C2)C1. The van der Waals surface area contributed by atoms with Crippen molar-refractivity contribution in [2.75, 3.05) is 19.6 Å². The smallest absolute Gasteiger partial charge is 0.320 e. The van der Waals surface area contributed by atoms with Crippen LogP contribution in [0.5, 0.6) is 0 Å². The van der Waals surface area contributed by atoms with Gasteiger partial charge in [0, 0.05) is 38.6 Å². The highest BCUT2D eigenvalue weighted by Gasteiger charge is 2.38. The molecule has 0 unspecified atom stereocenters. The number of carbonyl (C=O) groups excluding carboxylic acids is 1. The predicted octanol–water partition coefficient (Wildman–Crippen LogP) is -0.165. The summed E-state index contributed by atoms with van der Waals surface area (Å²) < 4.78 is 2.03. The topological polar surface area (TPSA) is 78.7 Å². The molecule has 7 heteroatoms. The van der Waals surface area contributed by atoms with E-state index in [1.54, 1.807) is 16.0 Å². The van der Waals surface area contributed by atoms with Crippen LogP contribution in [0.3, 0.4) is 0 Å². The fourth-order valence-corrected chi connectivity index (χ4v) is 2.33. The lowest BCUT2D eigenvalue weighted by Crippen LogP contribution is -2.57. The van der Waals surface area contributed by atoms with Crippen molar-refractivity contribution in [2.24, 2.45) is 5.92 Å². The molecule has 1 fully saturated rings. The zero-order valence-electron chi connectivity index (χ0n) is 9.82. The van der Waals surface area contributed by atoms with Gasteiger partial charge in [0.2, 0.25) is 0 Å². The van der Waals surface area contributed by atoms with Gasteiger partial charge in [0.1, 0.15) is 5.82 Å². The number of carbonyl (C=O) groups is 2. The molecule has 0 bridgehead atoms. The number of amides is 2. The van der Waals surface area contributed by atoms with Gasteiger partial charge in [-0.2, -0.15) is 0 Å². The standard InChI is InChI=1S/C11H14N4O3/c16-10(17)8-5-15(6-8)11(18)14-4-3-13-2-1-12-9(13)7-14/h1-2,8H,3-7H2,(H,16,17). The van der Waals surface area contributed by atoms with E-state index >= 15 is 0 Å². The molecule has 7 nitrogen and oxygen atoms in total. The molecule has 2 aliphatic rings. The summed E-state index contributed by atoms with van der Waals surface area (Å²) in [5, 5.41) is 8.78. The van der Waals surface area contributed by atoms with Gasteiger partial charge < -0.3 is 19.5 Å². The summed E-state index contributed by atoms with van der Waals surface area (Å²) in [6, 6.07) is -0.0817. The Balaban J connectivity index is 1.61. The average Bonchev–Trinajstić information content (AvgIpc) is 2.72. The van der Waals surface area contributed by atoms with Crippen molar-refractivity contribution in [3.63, 3.8) is 0 Å². The van der Waals surface area contributed by atoms with Crippen LogP contribution in [-0.2, 0) is 17.9 Å². The highest BCUT2D eigenvalue weighted by atomic mass is 16.4. The first-order valence-corrected chi connectivity index (χ1v) is 5.92. The summed E-state index contributed by atoms with van der Waals surface area (Å²) in [5.74, 6) is -0.348. The third kappa shape index (κ3) is 1.71. The third-order valence-electron chi connectivity index (χ3n) is 3.52. The van der Waals surface area contributed by atoms with Crippen molar-refractivity contribution in [1.82, 2.24) is 19.4 Å². The van der Waals surface area contributed by atoms with Crippen molar-refractivity contribution in [2.45, 2.75) is 13.1 Å². The Labute approximate surface area is 104 Å². The fourth-order valence-electron chi connectivity index (χ4n) is 2.33. The number of nitrogens with zero attached hydrogens (tertiary/aromatic N) is 4. The van der Waals surface area contributed by atoms with Gasteiger partial charge in [-0.05, 0) is 0 Å². The van der Waals surface area contributed by atoms with Crippen LogP contribution in [0.15, 0.2) is 12.4 Å². The first kappa shape index (κ1) is 11.1. The molecular formula is C11H14N4O3. The maximum atomic E-state index is 12.1. The van der Waals surface area contributed by atoms with Crippen molar-refractivity contribution in [1.29, 1.82) is 0 Å². The number of likely N-dealkylation sites (tertiary alicyclic amines) is 1. The highest BCUT2D eigenvalue weighted by molar-refractivity contribution is 5.79. The molecule has 3 rings (SSSR count). The van der Waals surface area contributed by atoms with Crippen LogP contribution in [-0.4, -0.2) is 56.1 Å².